The molecule has 0 aromatic rings. The Balaban J connectivity index is -0.0000000873. The number of nitrogens with one attached hydrogen (secondary N) is 4. The van der Waals surface area contributed by atoms with Gasteiger partial charge in [-0.25, -0.2) is 0 Å². The second kappa shape index (κ2) is 50.4. The van der Waals surface area contributed by atoms with Crippen LogP contribution in [0.3, 0.4) is 0 Å². The molecule has 0 rings (SSSR count). The first-order valence-corrected chi connectivity index (χ1v) is 9.36. The smallest absolute Gasteiger partial charge is 0.0135 e. The molecule has 29 heavy (non-hydrogen) atoms. The maximum Gasteiger partial charge on any atom is 0.0135 e. The summed E-state index contributed by atoms with van der Waals surface area (Å²) in [6, 6.07) is 0. The Hall–Kier alpha value is -1.36. The van der Waals surface area contributed by atoms with Crippen molar-refractivity contribution in [2.45, 2.75) is 0 Å². The zero-order valence-corrected chi connectivity index (χ0v) is 20.9. The van der Waals surface area contributed by atoms with Gasteiger partial charge in [0.15, 0.2) is 0 Å². The third kappa shape index (κ3) is 75.5. The largest absolute Gasteiger partial charge is 0.310 e. The Morgan fingerprint density at radius 2 is 0.414 bits per heavy atom. The van der Waals surface area contributed by atoms with Crippen LogP contribution >= 0.6 is 0 Å². The van der Waals surface area contributed by atoms with Crippen LogP contribution < -0.4 is 21.3 Å². The fourth-order valence-corrected chi connectivity index (χ4v) is 1.15. The van der Waals surface area contributed by atoms with Crippen LogP contribution in [-0.4, -0.2) is 52.4 Å². The van der Waals surface area contributed by atoms with Gasteiger partial charge in [-0.15, -0.1) is 52.6 Å². The van der Waals surface area contributed by atoms with E-state index >= 15 is 0 Å². The SMILES string of the molecule is C=CCNCC=C.C=CCNCC=C.C=CCNCC=C.C=CCNCC=C.[Zr]. The number of hydrogen-bond acceptors (Lipinski definition) is 4. The van der Waals surface area contributed by atoms with Crippen molar-refractivity contribution in [2.24, 2.45) is 0 Å². The maximum absolute atomic E-state index is 3.54. The van der Waals surface area contributed by atoms with Gasteiger partial charge in [0.05, 0.1) is 0 Å². The summed E-state index contributed by atoms with van der Waals surface area (Å²) in [4.78, 5) is 0. The van der Waals surface area contributed by atoms with E-state index in [1.165, 1.54) is 0 Å². The van der Waals surface area contributed by atoms with E-state index < -0.39 is 0 Å². The van der Waals surface area contributed by atoms with E-state index in [9.17, 15) is 0 Å². The summed E-state index contributed by atoms with van der Waals surface area (Å²) < 4.78 is 0. The first-order chi connectivity index (χ1) is 13.7. The van der Waals surface area contributed by atoms with Gasteiger partial charge in [0.1, 0.15) is 0 Å². The molecule has 0 radical (unpaired) electrons. The molecule has 0 bridgehead atoms. The number of rotatable bonds is 16. The van der Waals surface area contributed by atoms with E-state index in [0.29, 0.717) is 0 Å². The van der Waals surface area contributed by atoms with Gasteiger partial charge in [0, 0.05) is 78.6 Å². The predicted octanol–water partition coefficient (Wildman–Crippen LogP) is 3.79. The van der Waals surface area contributed by atoms with Crippen LogP contribution in [0.25, 0.3) is 0 Å². The van der Waals surface area contributed by atoms with Gasteiger partial charge < -0.3 is 21.3 Å². The van der Waals surface area contributed by atoms with Gasteiger partial charge in [-0.3, -0.25) is 0 Å². The normalized spacial score (nSPS) is 7.72. The van der Waals surface area contributed by atoms with Gasteiger partial charge in [0.2, 0.25) is 0 Å². The van der Waals surface area contributed by atoms with E-state index in [4.69, 9.17) is 0 Å². The summed E-state index contributed by atoms with van der Waals surface area (Å²) in [6.07, 6.45) is 14.6. The third-order valence-electron chi connectivity index (χ3n) is 2.31. The van der Waals surface area contributed by atoms with Crippen molar-refractivity contribution in [3.05, 3.63) is 101 Å². The first kappa shape index (κ1) is 38.3. The van der Waals surface area contributed by atoms with Crippen LogP contribution in [-0.2, 0) is 26.2 Å². The summed E-state index contributed by atoms with van der Waals surface area (Å²) in [5.41, 5.74) is 0. The molecule has 0 aliphatic heterocycles. The second-order valence-corrected chi connectivity index (χ2v) is 4.94. The monoisotopic (exact) mass is 478 g/mol. The molecule has 0 heterocycles. The summed E-state index contributed by atoms with van der Waals surface area (Å²) in [7, 11) is 0. The van der Waals surface area contributed by atoms with Crippen molar-refractivity contribution in [2.75, 3.05) is 52.4 Å². The van der Waals surface area contributed by atoms with Gasteiger partial charge in [0.25, 0.3) is 0 Å². The Kier molecular flexibility index (Phi) is 66.5. The number of hydrogen-bond donors (Lipinski definition) is 4. The Morgan fingerprint density at radius 3 is 0.483 bits per heavy atom. The van der Waals surface area contributed by atoms with Crippen LogP contribution in [0.5, 0.6) is 0 Å². The standard InChI is InChI=1S/4C6H11N.Zr/c4*1-3-5-7-6-4-2;/h4*3-4,7H,1-2,5-6H2;. The quantitative estimate of drug-likeness (QED) is 0.201. The molecule has 0 aliphatic carbocycles. The summed E-state index contributed by atoms with van der Waals surface area (Å²) in [6.45, 7) is 35.2. The van der Waals surface area contributed by atoms with Gasteiger partial charge in [-0.05, 0) is 0 Å². The molecule has 0 atom stereocenters. The van der Waals surface area contributed by atoms with Crippen molar-refractivity contribution in [1.29, 1.82) is 0 Å². The molecule has 0 aromatic heterocycles. The topological polar surface area (TPSA) is 48.1 Å². The molecular weight excluding hydrogens is 436 g/mol. The van der Waals surface area contributed by atoms with E-state index in [1.54, 1.807) is 0 Å². The van der Waals surface area contributed by atoms with E-state index in [-0.39, 0.29) is 26.2 Å². The molecule has 0 amide bonds. The minimum Gasteiger partial charge on any atom is -0.310 e. The summed E-state index contributed by atoms with van der Waals surface area (Å²) in [5, 5.41) is 12.2. The van der Waals surface area contributed by atoms with Crippen LogP contribution in [0.15, 0.2) is 101 Å². The predicted molar refractivity (Wildman–Crippen MR) is 133 cm³/mol. The fourth-order valence-electron chi connectivity index (χ4n) is 1.15. The van der Waals surface area contributed by atoms with Crippen molar-refractivity contribution < 1.29 is 26.2 Å². The first-order valence-electron chi connectivity index (χ1n) is 9.36. The van der Waals surface area contributed by atoms with Crippen LogP contribution in [0.1, 0.15) is 0 Å². The van der Waals surface area contributed by atoms with Crippen molar-refractivity contribution in [1.82, 2.24) is 21.3 Å². The third-order valence-corrected chi connectivity index (χ3v) is 2.31. The minimum atomic E-state index is 0. The Bertz CT molecular complexity index is 275. The van der Waals surface area contributed by atoms with Gasteiger partial charge in [-0.2, -0.15) is 0 Å². The molecule has 4 nitrogen and oxygen atoms in total. The van der Waals surface area contributed by atoms with E-state index in [1.807, 2.05) is 48.6 Å². The summed E-state index contributed by atoms with van der Waals surface area (Å²) >= 11 is 0. The molecule has 0 spiro atoms. The molecular formula is C24H44N4Zr. The summed E-state index contributed by atoms with van der Waals surface area (Å²) in [5.74, 6) is 0. The Labute approximate surface area is 200 Å². The molecule has 4 N–H and O–H groups in total. The van der Waals surface area contributed by atoms with Crippen molar-refractivity contribution in [3.63, 3.8) is 0 Å². The molecule has 5 heteroatoms. The molecule has 0 aliphatic rings. The zero-order chi connectivity index (χ0) is 22.1. The second-order valence-electron chi connectivity index (χ2n) is 4.94. The van der Waals surface area contributed by atoms with Crippen molar-refractivity contribution in [3.8, 4) is 0 Å². The fraction of sp³-hybridized carbons (Fsp3) is 0.333. The van der Waals surface area contributed by atoms with Crippen LogP contribution in [0.2, 0.25) is 0 Å². The van der Waals surface area contributed by atoms with E-state index in [2.05, 4.69) is 73.9 Å². The average Bonchev–Trinajstić information content (AvgIpc) is 2.71. The van der Waals surface area contributed by atoms with Crippen molar-refractivity contribution >= 4 is 0 Å². The maximum atomic E-state index is 3.54. The Morgan fingerprint density at radius 1 is 0.310 bits per heavy atom. The van der Waals surface area contributed by atoms with Crippen LogP contribution in [0.4, 0.5) is 0 Å². The average molecular weight is 480 g/mol. The van der Waals surface area contributed by atoms with E-state index in [0.717, 1.165) is 52.4 Å². The molecule has 0 unspecified atom stereocenters. The molecule has 0 aromatic carbocycles. The molecule has 164 valence electrons. The van der Waals surface area contributed by atoms with Crippen LogP contribution in [0, 0.1) is 0 Å². The van der Waals surface area contributed by atoms with Gasteiger partial charge >= 0.3 is 0 Å². The zero-order valence-electron chi connectivity index (χ0n) is 18.4. The molecule has 0 saturated carbocycles. The molecule has 0 saturated heterocycles. The van der Waals surface area contributed by atoms with Gasteiger partial charge in [-0.1, -0.05) is 48.6 Å². The molecule has 0 fully saturated rings. The minimum absolute atomic E-state index is 0.